The normalized spacial score (nSPS) is 22.9. The van der Waals surface area contributed by atoms with Gasteiger partial charge in [0.25, 0.3) is 5.91 Å². The molecule has 0 aromatic heterocycles. The summed E-state index contributed by atoms with van der Waals surface area (Å²) < 4.78 is 23.2. The second-order valence-electron chi connectivity index (χ2n) is 7.36. The molecule has 0 saturated carbocycles. The number of carbonyl (C=O) groups excluding carboxylic acids is 2. The van der Waals surface area contributed by atoms with Gasteiger partial charge >= 0.3 is 0 Å². The van der Waals surface area contributed by atoms with Crippen LogP contribution in [0.5, 0.6) is 0 Å². The van der Waals surface area contributed by atoms with Gasteiger partial charge in [0.05, 0.1) is 11.5 Å². The van der Waals surface area contributed by atoms with Gasteiger partial charge in [0.1, 0.15) is 6.04 Å². The van der Waals surface area contributed by atoms with Crippen molar-refractivity contribution in [3.05, 3.63) is 34.9 Å². The second kappa shape index (κ2) is 7.39. The highest BCUT2D eigenvalue weighted by molar-refractivity contribution is 7.91. The third-order valence-electron chi connectivity index (χ3n) is 5.17. The Morgan fingerprint density at radius 2 is 1.58 bits per heavy atom. The van der Waals surface area contributed by atoms with Crippen LogP contribution in [0.3, 0.4) is 0 Å². The Kier molecular flexibility index (Phi) is 5.37. The maximum Gasteiger partial charge on any atom is 0.254 e. The number of rotatable bonds is 2. The number of aryl methyl sites for hydroxylation is 2. The maximum atomic E-state index is 13.1. The number of carbonyl (C=O) groups is 2. The molecule has 1 atom stereocenters. The zero-order valence-corrected chi connectivity index (χ0v) is 16.2. The van der Waals surface area contributed by atoms with Crippen molar-refractivity contribution in [2.75, 3.05) is 31.1 Å². The molecule has 0 N–H and O–H groups in total. The van der Waals surface area contributed by atoms with Crippen LogP contribution in [-0.2, 0) is 14.6 Å². The predicted molar refractivity (Wildman–Crippen MR) is 99.8 cm³/mol. The minimum absolute atomic E-state index is 0.0104. The molecule has 1 aromatic carbocycles. The summed E-state index contributed by atoms with van der Waals surface area (Å²) in [7, 11) is -3.04. The number of hydrogen-bond acceptors (Lipinski definition) is 4. The number of benzene rings is 1. The van der Waals surface area contributed by atoms with E-state index >= 15 is 0 Å². The highest BCUT2D eigenvalue weighted by Crippen LogP contribution is 2.23. The fraction of sp³-hybridized carbons (Fsp3) is 0.579. The number of piperidine rings is 1. The number of amides is 2. The van der Waals surface area contributed by atoms with Crippen molar-refractivity contribution in [2.24, 2.45) is 0 Å². The van der Waals surface area contributed by atoms with Crippen LogP contribution in [-0.4, -0.2) is 67.2 Å². The Morgan fingerprint density at radius 1 is 0.962 bits per heavy atom. The molecular formula is C19H26N2O4S. The molecule has 2 aliphatic heterocycles. The molecule has 6 nitrogen and oxygen atoms in total. The van der Waals surface area contributed by atoms with E-state index in [9.17, 15) is 18.0 Å². The summed E-state index contributed by atoms with van der Waals surface area (Å²) in [5, 5.41) is 0. The van der Waals surface area contributed by atoms with E-state index in [0.717, 1.165) is 24.0 Å². The smallest absolute Gasteiger partial charge is 0.254 e. The molecular weight excluding hydrogens is 352 g/mol. The molecule has 142 valence electrons. The molecule has 0 radical (unpaired) electrons. The maximum absolute atomic E-state index is 13.1. The zero-order valence-electron chi connectivity index (χ0n) is 15.4. The van der Waals surface area contributed by atoms with Gasteiger partial charge < -0.3 is 9.80 Å². The summed E-state index contributed by atoms with van der Waals surface area (Å²) in [6.07, 6.45) is 2.42. The van der Waals surface area contributed by atoms with Crippen LogP contribution in [0, 0.1) is 13.8 Å². The standard InChI is InChI=1S/C19H26N2O4S/c1-14-11-15(2)13-16(12-14)18(22)21-6-4-3-5-17(21)19(23)20-7-9-26(24,25)10-8-20/h11-13,17H,3-10H2,1-2H3. The zero-order chi connectivity index (χ0) is 18.9. The van der Waals surface area contributed by atoms with Gasteiger partial charge in [-0.2, -0.15) is 0 Å². The first-order valence-corrected chi connectivity index (χ1v) is 11.0. The SMILES string of the molecule is Cc1cc(C)cc(C(=O)N2CCCCC2C(=O)N2CCS(=O)(=O)CC2)c1. The van der Waals surface area contributed by atoms with Gasteiger partial charge in [0.15, 0.2) is 9.84 Å². The molecule has 1 aromatic rings. The monoisotopic (exact) mass is 378 g/mol. The third kappa shape index (κ3) is 4.09. The number of hydrogen-bond donors (Lipinski definition) is 0. The third-order valence-corrected chi connectivity index (χ3v) is 6.78. The average molecular weight is 378 g/mol. The fourth-order valence-corrected chi connectivity index (χ4v) is 5.04. The number of likely N-dealkylation sites (tertiary alicyclic amines) is 1. The van der Waals surface area contributed by atoms with Crippen molar-refractivity contribution < 1.29 is 18.0 Å². The minimum atomic E-state index is -3.04. The van der Waals surface area contributed by atoms with Crippen molar-refractivity contribution in [3.8, 4) is 0 Å². The van der Waals surface area contributed by atoms with Gasteiger partial charge in [0.2, 0.25) is 5.91 Å². The van der Waals surface area contributed by atoms with E-state index in [2.05, 4.69) is 0 Å². The van der Waals surface area contributed by atoms with E-state index in [-0.39, 0.29) is 36.4 Å². The van der Waals surface area contributed by atoms with Gasteiger partial charge in [0, 0.05) is 25.2 Å². The largest absolute Gasteiger partial charge is 0.339 e. The quantitative estimate of drug-likeness (QED) is 0.783. The Hall–Kier alpha value is -1.89. The summed E-state index contributed by atoms with van der Waals surface area (Å²) in [6, 6.07) is 5.25. The van der Waals surface area contributed by atoms with Crippen LogP contribution in [0.4, 0.5) is 0 Å². The summed E-state index contributed by atoms with van der Waals surface area (Å²) in [4.78, 5) is 29.3. The van der Waals surface area contributed by atoms with Crippen molar-refractivity contribution in [3.63, 3.8) is 0 Å². The second-order valence-corrected chi connectivity index (χ2v) is 9.67. The van der Waals surface area contributed by atoms with Crippen LogP contribution in [0.25, 0.3) is 0 Å². The molecule has 2 aliphatic rings. The van der Waals surface area contributed by atoms with Gasteiger partial charge in [-0.1, -0.05) is 17.2 Å². The van der Waals surface area contributed by atoms with E-state index in [4.69, 9.17) is 0 Å². The van der Waals surface area contributed by atoms with Crippen LogP contribution < -0.4 is 0 Å². The molecule has 0 bridgehead atoms. The summed E-state index contributed by atoms with van der Waals surface area (Å²) in [5.74, 6) is -0.204. The highest BCUT2D eigenvalue weighted by Gasteiger charge is 2.37. The van der Waals surface area contributed by atoms with Crippen molar-refractivity contribution >= 4 is 21.7 Å². The molecule has 1 unspecified atom stereocenters. The predicted octanol–water partition coefficient (Wildman–Crippen LogP) is 1.56. The van der Waals surface area contributed by atoms with Gasteiger partial charge in [-0.05, 0) is 45.2 Å². The summed E-state index contributed by atoms with van der Waals surface area (Å²) in [5.41, 5.74) is 2.66. The van der Waals surface area contributed by atoms with E-state index in [1.807, 2.05) is 32.0 Å². The molecule has 7 heteroatoms. The fourth-order valence-electron chi connectivity index (χ4n) is 3.84. The Labute approximate surface area is 155 Å². The lowest BCUT2D eigenvalue weighted by Gasteiger charge is -2.38. The topological polar surface area (TPSA) is 74.8 Å². The van der Waals surface area contributed by atoms with Crippen LogP contribution in [0.2, 0.25) is 0 Å². The first kappa shape index (κ1) is 18.9. The van der Waals surface area contributed by atoms with Crippen LogP contribution >= 0.6 is 0 Å². The lowest BCUT2D eigenvalue weighted by molar-refractivity contribution is -0.136. The molecule has 2 fully saturated rings. The highest BCUT2D eigenvalue weighted by atomic mass is 32.2. The minimum Gasteiger partial charge on any atom is -0.339 e. The van der Waals surface area contributed by atoms with Gasteiger partial charge in [-0.15, -0.1) is 0 Å². The first-order chi connectivity index (χ1) is 12.3. The van der Waals surface area contributed by atoms with Crippen LogP contribution in [0.15, 0.2) is 18.2 Å². The van der Waals surface area contributed by atoms with E-state index in [1.54, 1.807) is 9.80 Å². The number of sulfone groups is 1. The Bertz CT molecular complexity index is 785. The van der Waals surface area contributed by atoms with E-state index in [1.165, 1.54) is 0 Å². The summed E-state index contributed by atoms with van der Waals surface area (Å²) >= 11 is 0. The molecule has 26 heavy (non-hydrogen) atoms. The molecule has 2 amide bonds. The molecule has 3 rings (SSSR count). The first-order valence-electron chi connectivity index (χ1n) is 9.15. The van der Waals surface area contributed by atoms with Crippen molar-refractivity contribution in [1.29, 1.82) is 0 Å². The molecule has 2 heterocycles. The van der Waals surface area contributed by atoms with E-state index in [0.29, 0.717) is 18.5 Å². The van der Waals surface area contributed by atoms with Gasteiger partial charge in [-0.3, -0.25) is 9.59 Å². The summed E-state index contributed by atoms with van der Waals surface area (Å²) in [6.45, 7) is 4.93. The number of nitrogens with zero attached hydrogens (tertiary/aromatic N) is 2. The Morgan fingerprint density at radius 3 is 2.19 bits per heavy atom. The lowest BCUT2D eigenvalue weighted by atomic mass is 9.98. The molecule has 2 saturated heterocycles. The molecule has 0 aliphatic carbocycles. The average Bonchev–Trinajstić information content (AvgIpc) is 2.59. The van der Waals surface area contributed by atoms with E-state index < -0.39 is 15.9 Å². The van der Waals surface area contributed by atoms with Crippen molar-refractivity contribution in [1.82, 2.24) is 9.80 Å². The Balaban J connectivity index is 1.79. The molecule has 0 spiro atoms. The van der Waals surface area contributed by atoms with Crippen LogP contribution in [0.1, 0.15) is 40.7 Å². The van der Waals surface area contributed by atoms with Crippen molar-refractivity contribution in [2.45, 2.75) is 39.2 Å². The lowest BCUT2D eigenvalue weighted by Crippen LogP contribution is -2.55. The van der Waals surface area contributed by atoms with Gasteiger partial charge in [-0.25, -0.2) is 8.42 Å².